The zero-order valence-electron chi connectivity index (χ0n) is 12.3. The zero-order chi connectivity index (χ0) is 16.1. The molecule has 0 unspecified atom stereocenters. The molecular formula is C17H16BrNO3. The Kier molecular flexibility index (Phi) is 5.33. The van der Waals surface area contributed by atoms with Gasteiger partial charge in [-0.3, -0.25) is 4.79 Å². The van der Waals surface area contributed by atoms with Crippen LogP contribution in [0.2, 0.25) is 0 Å². The van der Waals surface area contributed by atoms with E-state index in [-0.39, 0.29) is 17.8 Å². The second-order valence-electron chi connectivity index (χ2n) is 4.81. The third kappa shape index (κ3) is 3.95. The first-order valence-electron chi connectivity index (χ1n) is 6.76. The van der Waals surface area contributed by atoms with Gasteiger partial charge in [0.15, 0.2) is 5.78 Å². The number of ether oxygens (including phenoxy) is 1. The van der Waals surface area contributed by atoms with Gasteiger partial charge in [-0.1, -0.05) is 28.1 Å². The molecule has 2 aromatic rings. The average Bonchev–Trinajstić information content (AvgIpc) is 2.54. The van der Waals surface area contributed by atoms with Crippen molar-refractivity contribution in [3.8, 4) is 0 Å². The number of Topliss-reactive ketones (excluding diaryl/α,β-unsaturated/α-hetero) is 1. The molecule has 0 radical (unpaired) electrons. The fraction of sp³-hybridized carbons (Fsp3) is 0.176. The first-order chi connectivity index (χ1) is 10.5. The van der Waals surface area contributed by atoms with E-state index >= 15 is 0 Å². The van der Waals surface area contributed by atoms with Crippen molar-refractivity contribution >= 4 is 33.4 Å². The number of hydrogen-bond donors (Lipinski definition) is 1. The van der Waals surface area contributed by atoms with Crippen LogP contribution in [0.5, 0.6) is 0 Å². The Balaban J connectivity index is 2.06. The highest BCUT2D eigenvalue weighted by Gasteiger charge is 2.15. The number of ketones is 1. The van der Waals surface area contributed by atoms with Gasteiger partial charge in [0.2, 0.25) is 0 Å². The summed E-state index contributed by atoms with van der Waals surface area (Å²) in [6, 6.07) is 13.7. The maximum atomic E-state index is 12.4. The fourth-order valence-electron chi connectivity index (χ4n) is 2.03. The van der Waals surface area contributed by atoms with Gasteiger partial charge in [-0.2, -0.15) is 0 Å². The Morgan fingerprint density at radius 1 is 1.09 bits per heavy atom. The number of halogens is 1. The number of benzene rings is 2. The van der Waals surface area contributed by atoms with Gasteiger partial charge in [0, 0.05) is 15.7 Å². The van der Waals surface area contributed by atoms with Gasteiger partial charge in [0.1, 0.15) is 0 Å². The maximum Gasteiger partial charge on any atom is 0.337 e. The molecule has 0 amide bonds. The van der Waals surface area contributed by atoms with Crippen molar-refractivity contribution in [2.45, 2.75) is 13.0 Å². The van der Waals surface area contributed by atoms with Crippen LogP contribution in [0.3, 0.4) is 0 Å². The second-order valence-corrected chi connectivity index (χ2v) is 5.73. The predicted octanol–water partition coefficient (Wildman–Crippen LogP) is 3.92. The lowest BCUT2D eigenvalue weighted by Crippen LogP contribution is -2.26. The van der Waals surface area contributed by atoms with Crippen molar-refractivity contribution in [2.24, 2.45) is 0 Å². The van der Waals surface area contributed by atoms with E-state index in [1.165, 1.54) is 7.11 Å². The first kappa shape index (κ1) is 16.2. The van der Waals surface area contributed by atoms with Crippen LogP contribution in [0.1, 0.15) is 27.6 Å². The Hall–Kier alpha value is -2.14. The van der Waals surface area contributed by atoms with Crippen molar-refractivity contribution in [1.29, 1.82) is 0 Å². The van der Waals surface area contributed by atoms with Crippen LogP contribution in [-0.4, -0.2) is 24.9 Å². The third-order valence-corrected chi connectivity index (χ3v) is 3.68. The molecule has 4 nitrogen and oxygen atoms in total. The normalized spacial score (nSPS) is 11.6. The topological polar surface area (TPSA) is 55.4 Å². The summed E-state index contributed by atoms with van der Waals surface area (Å²) in [6.07, 6.45) is 0. The van der Waals surface area contributed by atoms with E-state index < -0.39 is 0 Å². The van der Waals surface area contributed by atoms with Crippen molar-refractivity contribution in [2.75, 3.05) is 12.4 Å². The van der Waals surface area contributed by atoms with Gasteiger partial charge >= 0.3 is 5.97 Å². The number of esters is 1. The number of anilines is 1. The molecule has 0 aromatic heterocycles. The van der Waals surface area contributed by atoms with E-state index in [4.69, 9.17) is 0 Å². The number of carbonyl (C=O) groups is 2. The Bertz CT molecular complexity index is 683. The van der Waals surface area contributed by atoms with E-state index in [2.05, 4.69) is 26.0 Å². The molecule has 0 aliphatic rings. The quantitative estimate of drug-likeness (QED) is 0.647. The fourth-order valence-corrected chi connectivity index (χ4v) is 2.43. The summed E-state index contributed by atoms with van der Waals surface area (Å²) in [7, 11) is 1.34. The number of carbonyl (C=O) groups excluding carboxylic acids is 2. The molecule has 0 bridgehead atoms. The van der Waals surface area contributed by atoms with E-state index in [0.717, 1.165) is 10.2 Å². The van der Waals surface area contributed by atoms with Gasteiger partial charge in [-0.15, -0.1) is 0 Å². The van der Waals surface area contributed by atoms with E-state index in [1.54, 1.807) is 43.3 Å². The summed E-state index contributed by atoms with van der Waals surface area (Å²) in [5.41, 5.74) is 1.88. The Morgan fingerprint density at radius 3 is 2.36 bits per heavy atom. The van der Waals surface area contributed by atoms with Crippen molar-refractivity contribution in [3.63, 3.8) is 0 Å². The molecule has 5 heteroatoms. The van der Waals surface area contributed by atoms with Crippen molar-refractivity contribution < 1.29 is 14.3 Å². The van der Waals surface area contributed by atoms with Gasteiger partial charge in [-0.05, 0) is 43.3 Å². The molecule has 114 valence electrons. The van der Waals surface area contributed by atoms with Crippen LogP contribution in [0.4, 0.5) is 5.69 Å². The molecule has 1 atom stereocenters. The molecule has 0 saturated carbocycles. The number of nitrogens with one attached hydrogen (secondary N) is 1. The van der Waals surface area contributed by atoms with Crippen molar-refractivity contribution in [1.82, 2.24) is 0 Å². The minimum absolute atomic E-state index is 0.00153. The summed E-state index contributed by atoms with van der Waals surface area (Å²) >= 11 is 3.36. The largest absolute Gasteiger partial charge is 0.465 e. The molecule has 2 rings (SSSR count). The average molecular weight is 362 g/mol. The summed E-state index contributed by atoms with van der Waals surface area (Å²) in [5.74, 6) is -0.386. The van der Waals surface area contributed by atoms with E-state index in [1.807, 2.05) is 12.1 Å². The molecule has 1 N–H and O–H groups in total. The summed E-state index contributed by atoms with van der Waals surface area (Å²) in [6.45, 7) is 1.80. The minimum Gasteiger partial charge on any atom is -0.465 e. The SMILES string of the molecule is COC(=O)c1ccc(N[C@@H](C)C(=O)c2cccc(Br)c2)cc1. The van der Waals surface area contributed by atoms with Crippen LogP contribution < -0.4 is 5.32 Å². The Morgan fingerprint density at radius 2 is 1.77 bits per heavy atom. The highest BCUT2D eigenvalue weighted by Crippen LogP contribution is 2.16. The summed E-state index contributed by atoms with van der Waals surface area (Å²) in [5, 5.41) is 3.13. The highest BCUT2D eigenvalue weighted by atomic mass is 79.9. The molecule has 0 aliphatic carbocycles. The molecule has 0 heterocycles. The molecule has 2 aromatic carbocycles. The van der Waals surface area contributed by atoms with Gasteiger partial charge in [0.25, 0.3) is 0 Å². The van der Waals surface area contributed by atoms with Crippen LogP contribution in [-0.2, 0) is 4.74 Å². The smallest absolute Gasteiger partial charge is 0.337 e. The number of rotatable bonds is 5. The minimum atomic E-state index is -0.384. The lowest BCUT2D eigenvalue weighted by atomic mass is 10.1. The molecule has 0 fully saturated rings. The van der Waals surface area contributed by atoms with Gasteiger partial charge < -0.3 is 10.1 Å². The van der Waals surface area contributed by atoms with E-state index in [0.29, 0.717) is 11.1 Å². The second kappa shape index (κ2) is 7.22. The molecule has 22 heavy (non-hydrogen) atoms. The van der Waals surface area contributed by atoms with Crippen LogP contribution in [0.25, 0.3) is 0 Å². The lowest BCUT2D eigenvalue weighted by Gasteiger charge is -2.14. The van der Waals surface area contributed by atoms with E-state index in [9.17, 15) is 9.59 Å². The number of methoxy groups -OCH3 is 1. The van der Waals surface area contributed by atoms with Crippen molar-refractivity contribution in [3.05, 3.63) is 64.1 Å². The lowest BCUT2D eigenvalue weighted by molar-refractivity contribution is 0.0600. The molecular weight excluding hydrogens is 346 g/mol. The maximum absolute atomic E-state index is 12.4. The standard InChI is InChI=1S/C17H16BrNO3/c1-11(16(20)13-4-3-5-14(18)10-13)19-15-8-6-12(7-9-15)17(21)22-2/h3-11,19H,1-2H3/t11-/m0/s1. The van der Waals surface area contributed by atoms with Crippen LogP contribution in [0.15, 0.2) is 53.0 Å². The number of hydrogen-bond acceptors (Lipinski definition) is 4. The molecule has 0 saturated heterocycles. The summed E-state index contributed by atoms with van der Waals surface area (Å²) in [4.78, 5) is 23.7. The zero-order valence-corrected chi connectivity index (χ0v) is 13.9. The van der Waals surface area contributed by atoms with Gasteiger partial charge in [0.05, 0.1) is 18.7 Å². The summed E-state index contributed by atoms with van der Waals surface area (Å²) < 4.78 is 5.52. The van der Waals surface area contributed by atoms with Crippen LogP contribution >= 0.6 is 15.9 Å². The third-order valence-electron chi connectivity index (χ3n) is 3.19. The highest BCUT2D eigenvalue weighted by molar-refractivity contribution is 9.10. The Labute approximate surface area is 137 Å². The van der Waals surface area contributed by atoms with Crippen LogP contribution in [0, 0.1) is 0 Å². The molecule has 0 spiro atoms. The van der Waals surface area contributed by atoms with Gasteiger partial charge in [-0.25, -0.2) is 4.79 Å². The monoisotopic (exact) mass is 361 g/mol. The first-order valence-corrected chi connectivity index (χ1v) is 7.55. The molecule has 0 aliphatic heterocycles. The predicted molar refractivity (Wildman–Crippen MR) is 89.3 cm³/mol.